The molecule has 0 fully saturated rings. The Labute approximate surface area is 121 Å². The van der Waals surface area contributed by atoms with Gasteiger partial charge in [-0.3, -0.25) is 0 Å². The van der Waals surface area contributed by atoms with Crippen LogP contribution in [0, 0.1) is 0 Å². The van der Waals surface area contributed by atoms with Crippen LogP contribution in [0.2, 0.25) is 0 Å². The first-order valence-electron chi connectivity index (χ1n) is 5.98. The molecule has 0 radical (unpaired) electrons. The minimum atomic E-state index is 0.376. The number of benzene rings is 1. The smallest absolute Gasteiger partial charge is 0.108 e. The molecule has 2 nitrogen and oxygen atoms in total. The lowest BCUT2D eigenvalue weighted by Gasteiger charge is -2.14. The van der Waals surface area contributed by atoms with Crippen molar-refractivity contribution in [3.8, 4) is 0 Å². The molecule has 2 rings (SSSR count). The van der Waals surface area contributed by atoms with E-state index in [1.807, 2.05) is 25.5 Å². The van der Waals surface area contributed by atoms with Crippen molar-refractivity contribution in [3.05, 3.63) is 52.5 Å². The van der Waals surface area contributed by atoms with Gasteiger partial charge in [0.05, 0.1) is 0 Å². The predicted octanol–water partition coefficient (Wildman–Crippen LogP) is 4.14. The minimum absolute atomic E-state index is 0.376. The van der Waals surface area contributed by atoms with Gasteiger partial charge in [0.25, 0.3) is 0 Å². The molecule has 1 atom stereocenters. The van der Waals surface area contributed by atoms with E-state index >= 15 is 0 Å². The summed E-state index contributed by atoms with van der Waals surface area (Å²) in [4.78, 5) is 4.34. The summed E-state index contributed by atoms with van der Waals surface area (Å²) >= 11 is 9.59. The first-order chi connectivity index (χ1) is 8.70. The fourth-order valence-electron chi connectivity index (χ4n) is 2.03. The second kappa shape index (κ2) is 6.39. The van der Waals surface area contributed by atoms with E-state index < -0.39 is 0 Å². The number of imidazole rings is 1. The molecule has 0 saturated heterocycles. The summed E-state index contributed by atoms with van der Waals surface area (Å²) in [5.74, 6) is 2.13. The Balaban J connectivity index is 2.04. The van der Waals surface area contributed by atoms with Crippen LogP contribution in [0.25, 0.3) is 0 Å². The number of rotatable bonds is 5. The molecule has 1 aromatic carbocycles. The van der Waals surface area contributed by atoms with Gasteiger partial charge in [-0.15, -0.1) is 11.6 Å². The molecule has 0 spiro atoms. The van der Waals surface area contributed by atoms with Gasteiger partial charge in [0, 0.05) is 36.2 Å². The van der Waals surface area contributed by atoms with Crippen molar-refractivity contribution in [1.29, 1.82) is 0 Å². The number of halogens is 2. The van der Waals surface area contributed by atoms with Crippen molar-refractivity contribution in [3.63, 3.8) is 0 Å². The molecule has 1 unspecified atom stereocenters. The van der Waals surface area contributed by atoms with Gasteiger partial charge in [-0.25, -0.2) is 4.98 Å². The molecule has 0 aliphatic rings. The standard InChI is InChI=1S/C14H16BrClN2/c1-18-8-7-17-14(18)6-5-12(10-16)11-3-2-4-13(15)9-11/h2-4,7-9,12H,5-6,10H2,1H3. The predicted molar refractivity (Wildman–Crippen MR) is 79.1 cm³/mol. The van der Waals surface area contributed by atoms with Crippen LogP contribution in [-0.4, -0.2) is 15.4 Å². The highest BCUT2D eigenvalue weighted by molar-refractivity contribution is 9.10. The van der Waals surface area contributed by atoms with Gasteiger partial charge in [0.15, 0.2) is 0 Å². The van der Waals surface area contributed by atoms with Crippen LogP contribution in [0.5, 0.6) is 0 Å². The van der Waals surface area contributed by atoms with Gasteiger partial charge in [0.1, 0.15) is 5.82 Å². The Kier molecular flexibility index (Phi) is 4.84. The Morgan fingerprint density at radius 2 is 2.28 bits per heavy atom. The zero-order valence-corrected chi connectivity index (χ0v) is 12.7. The van der Waals surface area contributed by atoms with Gasteiger partial charge in [-0.05, 0) is 30.0 Å². The normalized spacial score (nSPS) is 12.6. The van der Waals surface area contributed by atoms with Crippen molar-refractivity contribution in [1.82, 2.24) is 9.55 Å². The maximum absolute atomic E-state index is 6.09. The van der Waals surface area contributed by atoms with E-state index in [4.69, 9.17) is 11.6 Å². The molecule has 0 amide bonds. The largest absolute Gasteiger partial charge is 0.338 e. The first-order valence-corrected chi connectivity index (χ1v) is 7.31. The fourth-order valence-corrected chi connectivity index (χ4v) is 2.78. The molecule has 0 aliphatic carbocycles. The van der Waals surface area contributed by atoms with Crippen LogP contribution in [0.3, 0.4) is 0 Å². The quantitative estimate of drug-likeness (QED) is 0.755. The molecular weight excluding hydrogens is 312 g/mol. The number of hydrogen-bond acceptors (Lipinski definition) is 1. The summed E-state index contributed by atoms with van der Waals surface area (Å²) in [7, 11) is 2.02. The highest BCUT2D eigenvalue weighted by Crippen LogP contribution is 2.25. The molecule has 0 aliphatic heterocycles. The van der Waals surface area contributed by atoms with Crippen molar-refractivity contribution >= 4 is 27.5 Å². The zero-order chi connectivity index (χ0) is 13.0. The third kappa shape index (κ3) is 3.36. The van der Waals surface area contributed by atoms with E-state index in [-0.39, 0.29) is 0 Å². The molecule has 0 bridgehead atoms. The SMILES string of the molecule is Cn1ccnc1CCC(CCl)c1cccc(Br)c1. The summed E-state index contributed by atoms with van der Waals surface area (Å²) in [5.41, 5.74) is 1.29. The second-order valence-electron chi connectivity index (χ2n) is 4.40. The van der Waals surface area contributed by atoms with E-state index in [1.165, 1.54) is 5.56 Å². The Morgan fingerprint density at radius 3 is 2.89 bits per heavy atom. The number of aryl methyl sites for hydroxylation is 2. The van der Waals surface area contributed by atoms with E-state index in [0.29, 0.717) is 11.8 Å². The van der Waals surface area contributed by atoms with Crippen LogP contribution in [0.1, 0.15) is 23.7 Å². The van der Waals surface area contributed by atoms with Crippen molar-refractivity contribution < 1.29 is 0 Å². The third-order valence-electron chi connectivity index (χ3n) is 3.14. The minimum Gasteiger partial charge on any atom is -0.338 e. The maximum Gasteiger partial charge on any atom is 0.108 e. The van der Waals surface area contributed by atoms with E-state index in [0.717, 1.165) is 23.1 Å². The average Bonchev–Trinajstić information content (AvgIpc) is 2.76. The van der Waals surface area contributed by atoms with Gasteiger partial charge in [0.2, 0.25) is 0 Å². The summed E-state index contributed by atoms with van der Waals surface area (Å²) in [6.45, 7) is 0. The topological polar surface area (TPSA) is 17.8 Å². The van der Waals surface area contributed by atoms with Crippen molar-refractivity contribution in [2.45, 2.75) is 18.8 Å². The van der Waals surface area contributed by atoms with Crippen LogP contribution in [-0.2, 0) is 13.5 Å². The van der Waals surface area contributed by atoms with Crippen LogP contribution in [0.15, 0.2) is 41.1 Å². The highest BCUT2D eigenvalue weighted by Gasteiger charge is 2.12. The van der Waals surface area contributed by atoms with Gasteiger partial charge in [-0.1, -0.05) is 28.1 Å². The molecule has 18 heavy (non-hydrogen) atoms. The highest BCUT2D eigenvalue weighted by atomic mass is 79.9. The molecule has 96 valence electrons. The summed E-state index contributed by atoms with van der Waals surface area (Å²) in [6, 6.07) is 8.37. The van der Waals surface area contributed by atoms with E-state index in [1.54, 1.807) is 0 Å². The second-order valence-corrected chi connectivity index (χ2v) is 5.62. The van der Waals surface area contributed by atoms with Crippen molar-refractivity contribution in [2.24, 2.45) is 7.05 Å². The lowest BCUT2D eigenvalue weighted by atomic mass is 9.96. The zero-order valence-electron chi connectivity index (χ0n) is 10.3. The number of alkyl halides is 1. The van der Waals surface area contributed by atoms with Gasteiger partial charge >= 0.3 is 0 Å². The Morgan fingerprint density at radius 1 is 1.44 bits per heavy atom. The van der Waals surface area contributed by atoms with Crippen LogP contribution < -0.4 is 0 Å². The lowest BCUT2D eigenvalue weighted by Crippen LogP contribution is -2.05. The number of nitrogens with zero attached hydrogens (tertiary/aromatic N) is 2. The van der Waals surface area contributed by atoms with Gasteiger partial charge in [-0.2, -0.15) is 0 Å². The molecule has 0 N–H and O–H groups in total. The van der Waals surface area contributed by atoms with E-state index in [9.17, 15) is 0 Å². The van der Waals surface area contributed by atoms with Gasteiger partial charge < -0.3 is 4.57 Å². The summed E-state index contributed by atoms with van der Waals surface area (Å²) < 4.78 is 3.17. The molecule has 1 aromatic heterocycles. The van der Waals surface area contributed by atoms with Crippen LogP contribution in [0.4, 0.5) is 0 Å². The maximum atomic E-state index is 6.09. The molecule has 1 heterocycles. The average molecular weight is 328 g/mol. The molecule has 2 aromatic rings. The van der Waals surface area contributed by atoms with Crippen LogP contribution >= 0.6 is 27.5 Å². The van der Waals surface area contributed by atoms with Crippen molar-refractivity contribution in [2.75, 3.05) is 5.88 Å². The molecule has 4 heteroatoms. The lowest BCUT2D eigenvalue weighted by molar-refractivity contribution is 0.645. The number of aromatic nitrogens is 2. The third-order valence-corrected chi connectivity index (χ3v) is 4.01. The monoisotopic (exact) mass is 326 g/mol. The summed E-state index contributed by atoms with van der Waals surface area (Å²) in [6.07, 6.45) is 5.78. The Bertz CT molecular complexity index is 510. The number of hydrogen-bond donors (Lipinski definition) is 0. The fraction of sp³-hybridized carbons (Fsp3) is 0.357. The molecular formula is C14H16BrClN2. The van der Waals surface area contributed by atoms with E-state index in [2.05, 4.69) is 43.7 Å². The molecule has 0 saturated carbocycles. The Hall–Kier alpha value is -0.800. The summed E-state index contributed by atoms with van der Waals surface area (Å²) in [5, 5.41) is 0. The first kappa shape index (κ1) is 13.6.